The number of aliphatic imine (C=N–C) groups is 1. The molecule has 0 fully saturated rings. The number of hydrogen-bond acceptors (Lipinski definition) is 9. The third kappa shape index (κ3) is 7.97. The molecular formula is C38H30ClF2N5O4S. The number of benzene rings is 4. The van der Waals surface area contributed by atoms with Crippen LogP contribution in [-0.4, -0.2) is 54.6 Å². The molecule has 5 aromatic rings. The summed E-state index contributed by atoms with van der Waals surface area (Å²) in [7, 11) is 5.15. The molecule has 0 spiro atoms. The van der Waals surface area contributed by atoms with Crippen molar-refractivity contribution in [3.63, 3.8) is 0 Å². The summed E-state index contributed by atoms with van der Waals surface area (Å²) in [5.41, 5.74) is 1.99. The van der Waals surface area contributed by atoms with E-state index in [-0.39, 0.29) is 35.3 Å². The predicted octanol–water partition coefficient (Wildman–Crippen LogP) is 8.92. The van der Waals surface area contributed by atoms with Gasteiger partial charge in [-0.15, -0.1) is 0 Å². The molecule has 0 aliphatic carbocycles. The summed E-state index contributed by atoms with van der Waals surface area (Å²) < 4.78 is 49.1. The topological polar surface area (TPSA) is 100 Å². The van der Waals surface area contributed by atoms with Gasteiger partial charge in [0.15, 0.2) is 17.3 Å². The third-order valence-electron chi connectivity index (χ3n) is 7.74. The number of carbonyl (C=O) groups is 1. The Morgan fingerprint density at radius 3 is 2.53 bits per heavy atom. The Labute approximate surface area is 302 Å². The maximum Gasteiger partial charge on any atom is 0.260 e. The van der Waals surface area contributed by atoms with Crippen molar-refractivity contribution in [3.8, 4) is 34.9 Å². The van der Waals surface area contributed by atoms with E-state index in [1.54, 1.807) is 56.7 Å². The zero-order valence-corrected chi connectivity index (χ0v) is 29.2. The number of rotatable bonds is 11. The fraction of sp³-hybridized carbons (Fsp3) is 0.158. The molecule has 1 unspecified atom stereocenters. The molecule has 1 amide bonds. The van der Waals surface area contributed by atoms with Gasteiger partial charge in [-0.1, -0.05) is 59.8 Å². The van der Waals surface area contributed by atoms with E-state index < -0.39 is 29.4 Å². The quantitative estimate of drug-likeness (QED) is 0.133. The van der Waals surface area contributed by atoms with E-state index in [2.05, 4.69) is 9.98 Å². The van der Waals surface area contributed by atoms with Crippen LogP contribution in [0.3, 0.4) is 0 Å². The Bertz CT molecular complexity index is 2160. The van der Waals surface area contributed by atoms with Crippen molar-refractivity contribution < 1.29 is 27.8 Å². The maximum absolute atomic E-state index is 16.1. The summed E-state index contributed by atoms with van der Waals surface area (Å²) in [5.74, 6) is -3.49. The second kappa shape index (κ2) is 15.6. The number of ether oxygens (including phenoxy) is 3. The average molecular weight is 726 g/mol. The molecule has 2 heterocycles. The summed E-state index contributed by atoms with van der Waals surface area (Å²) >= 11 is 7.76. The van der Waals surface area contributed by atoms with E-state index in [4.69, 9.17) is 25.8 Å². The molecule has 0 bridgehead atoms. The highest BCUT2D eigenvalue weighted by atomic mass is 35.5. The molecule has 51 heavy (non-hydrogen) atoms. The Kier molecular flexibility index (Phi) is 10.8. The standard InChI is InChI=1S/C38H30ClF2N5O4S/c1-45(2)38(47)33-27(39)10-7-11-32(33)51-25-13-15-29(26(19-25)36-43-16-17-46(36)3)49-35-28(40)21-44-37(34(35)41)50-31-18-24(20-42)12-14-30(31)48-22-23-8-5-4-6-9-23/h4-16,18-19,21,36H,17,22H2,1-3H3. The average Bonchev–Trinajstić information content (AvgIpc) is 3.56. The molecule has 258 valence electrons. The molecular weight excluding hydrogens is 696 g/mol. The van der Waals surface area contributed by atoms with Gasteiger partial charge >= 0.3 is 0 Å². The normalized spacial score (nSPS) is 13.9. The van der Waals surface area contributed by atoms with Crippen LogP contribution in [0.1, 0.15) is 33.2 Å². The van der Waals surface area contributed by atoms with Gasteiger partial charge in [0.1, 0.15) is 18.5 Å². The molecule has 1 aliphatic heterocycles. The Morgan fingerprint density at radius 1 is 1.02 bits per heavy atom. The smallest absolute Gasteiger partial charge is 0.260 e. The van der Waals surface area contributed by atoms with Crippen LogP contribution in [0, 0.1) is 23.0 Å². The van der Waals surface area contributed by atoms with E-state index in [1.165, 1.54) is 34.9 Å². The van der Waals surface area contributed by atoms with Gasteiger partial charge in [-0.3, -0.25) is 14.7 Å². The van der Waals surface area contributed by atoms with E-state index in [0.29, 0.717) is 32.5 Å². The van der Waals surface area contributed by atoms with Crippen molar-refractivity contribution >= 4 is 35.5 Å². The first kappa shape index (κ1) is 35.3. The number of hydrogen-bond donors (Lipinski definition) is 0. The van der Waals surface area contributed by atoms with Gasteiger partial charge in [0.25, 0.3) is 11.8 Å². The molecule has 0 saturated heterocycles. The van der Waals surface area contributed by atoms with Crippen molar-refractivity contribution in [2.24, 2.45) is 4.99 Å². The minimum atomic E-state index is -1.20. The van der Waals surface area contributed by atoms with Crippen LogP contribution in [0.15, 0.2) is 106 Å². The Balaban J connectivity index is 1.33. The summed E-state index contributed by atoms with van der Waals surface area (Å²) in [6, 6.07) is 26.1. The van der Waals surface area contributed by atoms with Crippen LogP contribution in [0.25, 0.3) is 0 Å². The van der Waals surface area contributed by atoms with Crippen molar-refractivity contribution in [1.82, 2.24) is 14.8 Å². The number of aromatic nitrogens is 1. The molecule has 0 saturated carbocycles. The first-order chi connectivity index (χ1) is 24.6. The monoisotopic (exact) mass is 725 g/mol. The van der Waals surface area contributed by atoms with Gasteiger partial charge in [-0.05, 0) is 55.1 Å². The van der Waals surface area contributed by atoms with Gasteiger partial charge in [0, 0.05) is 48.3 Å². The fourth-order valence-corrected chi connectivity index (χ4v) is 6.50. The number of nitriles is 1. The van der Waals surface area contributed by atoms with Crippen molar-refractivity contribution in [2.45, 2.75) is 22.6 Å². The second-order valence-corrected chi connectivity index (χ2v) is 13.1. The van der Waals surface area contributed by atoms with Crippen LogP contribution < -0.4 is 14.2 Å². The Morgan fingerprint density at radius 2 is 1.80 bits per heavy atom. The van der Waals surface area contributed by atoms with Crippen molar-refractivity contribution in [2.75, 3.05) is 27.7 Å². The molecule has 13 heteroatoms. The van der Waals surface area contributed by atoms with E-state index in [1.807, 2.05) is 48.3 Å². The number of carbonyl (C=O) groups excluding carboxylic acids is 1. The SMILES string of the molecule is CN(C)C(=O)c1c(Cl)cccc1Sc1ccc(Oc2c(F)cnc(Oc3cc(C#N)ccc3OCc3ccccc3)c2F)c(C2N=CCN2C)c1. The first-order valence-electron chi connectivity index (χ1n) is 15.6. The predicted molar refractivity (Wildman–Crippen MR) is 190 cm³/mol. The third-order valence-corrected chi connectivity index (χ3v) is 9.11. The molecule has 1 atom stereocenters. The van der Waals surface area contributed by atoms with Crippen LogP contribution in [0.5, 0.6) is 28.9 Å². The highest BCUT2D eigenvalue weighted by Gasteiger charge is 2.27. The number of nitrogens with zero attached hydrogens (tertiary/aromatic N) is 5. The first-order valence-corrected chi connectivity index (χ1v) is 16.8. The molecule has 1 aromatic heterocycles. The van der Waals surface area contributed by atoms with Crippen molar-refractivity contribution in [3.05, 3.63) is 130 Å². The van der Waals surface area contributed by atoms with Gasteiger partial charge < -0.3 is 19.1 Å². The van der Waals surface area contributed by atoms with Gasteiger partial charge in [-0.25, -0.2) is 9.37 Å². The largest absolute Gasteiger partial charge is 0.485 e. The van der Waals surface area contributed by atoms with E-state index >= 15 is 8.78 Å². The summed E-state index contributed by atoms with van der Waals surface area (Å²) in [4.78, 5) is 26.1. The summed E-state index contributed by atoms with van der Waals surface area (Å²) in [5, 5.41) is 9.81. The van der Waals surface area contributed by atoms with E-state index in [9.17, 15) is 10.1 Å². The minimum Gasteiger partial charge on any atom is -0.485 e. The Hall–Kier alpha value is -5.48. The van der Waals surface area contributed by atoms with Crippen LogP contribution >= 0.6 is 23.4 Å². The maximum atomic E-state index is 16.1. The molecule has 4 aromatic carbocycles. The van der Waals surface area contributed by atoms with Crippen molar-refractivity contribution in [1.29, 1.82) is 5.26 Å². The van der Waals surface area contributed by atoms with Gasteiger partial charge in [0.05, 0.1) is 28.4 Å². The summed E-state index contributed by atoms with van der Waals surface area (Å²) in [6.45, 7) is 0.722. The van der Waals surface area contributed by atoms with Crippen LogP contribution in [0.2, 0.25) is 5.02 Å². The lowest BCUT2D eigenvalue weighted by molar-refractivity contribution is 0.0824. The molecule has 9 nitrogen and oxygen atoms in total. The molecule has 6 rings (SSSR count). The summed E-state index contributed by atoms with van der Waals surface area (Å²) in [6.07, 6.45) is 2.01. The molecule has 1 aliphatic rings. The second-order valence-electron chi connectivity index (χ2n) is 11.6. The van der Waals surface area contributed by atoms with Crippen LogP contribution in [0.4, 0.5) is 8.78 Å². The number of pyridine rings is 1. The molecule has 0 N–H and O–H groups in total. The highest BCUT2D eigenvalue weighted by Crippen LogP contribution is 2.43. The zero-order valence-electron chi connectivity index (χ0n) is 27.6. The lowest BCUT2D eigenvalue weighted by Crippen LogP contribution is -2.22. The van der Waals surface area contributed by atoms with Gasteiger partial charge in [0.2, 0.25) is 11.6 Å². The van der Waals surface area contributed by atoms with E-state index in [0.717, 1.165) is 11.8 Å². The fourth-order valence-electron chi connectivity index (χ4n) is 5.16. The number of halogens is 3. The zero-order chi connectivity index (χ0) is 36.1. The lowest BCUT2D eigenvalue weighted by Gasteiger charge is -2.22. The van der Waals surface area contributed by atoms with Crippen LogP contribution in [-0.2, 0) is 6.61 Å². The minimum absolute atomic E-state index is 0.00561. The number of amides is 1. The lowest BCUT2D eigenvalue weighted by atomic mass is 10.1. The highest BCUT2D eigenvalue weighted by molar-refractivity contribution is 7.99. The molecule has 0 radical (unpaired) electrons. The van der Waals surface area contributed by atoms with Gasteiger partial charge in [-0.2, -0.15) is 9.65 Å².